The molecule has 0 aliphatic carbocycles. The summed E-state index contributed by atoms with van der Waals surface area (Å²) in [6.07, 6.45) is 4.13. The van der Waals surface area contributed by atoms with E-state index >= 15 is 0 Å². The van der Waals surface area contributed by atoms with E-state index in [1.165, 1.54) is 6.42 Å². The molecule has 0 aromatic carbocycles. The predicted molar refractivity (Wildman–Crippen MR) is 97.2 cm³/mol. The van der Waals surface area contributed by atoms with Gasteiger partial charge in [-0.3, -0.25) is 4.79 Å². The summed E-state index contributed by atoms with van der Waals surface area (Å²) in [5.41, 5.74) is 0.983. The van der Waals surface area contributed by atoms with Crippen LogP contribution < -0.4 is 10.9 Å². The molecule has 0 aliphatic heterocycles. The van der Waals surface area contributed by atoms with Crippen molar-refractivity contribution in [3.63, 3.8) is 0 Å². The third kappa shape index (κ3) is 4.55. The lowest BCUT2D eigenvalue weighted by atomic mass is 10.2. The van der Waals surface area contributed by atoms with Gasteiger partial charge in [0.05, 0.1) is 5.52 Å². The molecular weight excluding hydrogens is 288 g/mol. The number of fused-ring (bicyclic) bond motifs is 1. The second-order valence-corrected chi connectivity index (χ2v) is 5.70. The molecule has 0 radical (unpaired) electrons. The van der Waals surface area contributed by atoms with Gasteiger partial charge in [0.25, 0.3) is 5.56 Å². The van der Waals surface area contributed by atoms with E-state index in [-0.39, 0.29) is 5.56 Å². The third-order valence-corrected chi connectivity index (χ3v) is 4.29. The highest BCUT2D eigenvalue weighted by Crippen LogP contribution is 2.15. The lowest BCUT2D eigenvalue weighted by Gasteiger charge is -2.17. The van der Waals surface area contributed by atoms with Crippen molar-refractivity contribution in [1.29, 1.82) is 0 Å². The van der Waals surface area contributed by atoms with Crippen molar-refractivity contribution < 1.29 is 0 Å². The summed E-state index contributed by atoms with van der Waals surface area (Å²) < 4.78 is 1.78. The molecule has 2 aromatic heterocycles. The Hall–Kier alpha value is -1.88. The van der Waals surface area contributed by atoms with Crippen molar-refractivity contribution in [2.75, 3.05) is 31.5 Å². The molecule has 1 N–H and O–H groups in total. The maximum absolute atomic E-state index is 11.9. The minimum atomic E-state index is 0.0383. The number of hydrogen-bond donors (Lipinski definition) is 1. The van der Waals surface area contributed by atoms with Gasteiger partial charge < -0.3 is 14.8 Å². The minimum Gasteiger partial charge on any atom is -0.370 e. The Labute approximate surface area is 138 Å². The Morgan fingerprint density at radius 1 is 1.17 bits per heavy atom. The molecule has 2 rings (SSSR count). The quantitative estimate of drug-likeness (QED) is 0.723. The van der Waals surface area contributed by atoms with Gasteiger partial charge in [-0.1, -0.05) is 13.8 Å². The van der Waals surface area contributed by atoms with E-state index < -0.39 is 0 Å². The zero-order valence-corrected chi connectivity index (χ0v) is 14.5. The highest BCUT2D eigenvalue weighted by atomic mass is 16.1. The van der Waals surface area contributed by atoms with Crippen LogP contribution in [-0.2, 0) is 6.54 Å². The first-order valence-electron chi connectivity index (χ1n) is 8.65. The summed E-state index contributed by atoms with van der Waals surface area (Å²) >= 11 is 0. The topological polar surface area (TPSA) is 50.2 Å². The number of rotatable bonds is 9. The maximum Gasteiger partial charge on any atom is 0.251 e. The largest absolute Gasteiger partial charge is 0.370 e. The number of hydrogen-bond acceptors (Lipinski definition) is 4. The summed E-state index contributed by atoms with van der Waals surface area (Å²) in [5.74, 6) is 0.841. The van der Waals surface area contributed by atoms with Crippen molar-refractivity contribution in [3.8, 4) is 0 Å². The zero-order valence-electron chi connectivity index (χ0n) is 14.5. The van der Waals surface area contributed by atoms with Gasteiger partial charge in [0.2, 0.25) is 0 Å². The number of aryl methyl sites for hydroxylation is 1. The van der Waals surface area contributed by atoms with E-state index in [2.05, 4.69) is 29.0 Å². The highest BCUT2D eigenvalue weighted by molar-refractivity contribution is 5.80. The molecule has 5 heteroatoms. The lowest BCUT2D eigenvalue weighted by Crippen LogP contribution is -2.24. The van der Waals surface area contributed by atoms with Gasteiger partial charge in [0.1, 0.15) is 5.82 Å². The molecule has 2 aromatic rings. The van der Waals surface area contributed by atoms with Crippen LogP contribution in [0.1, 0.15) is 33.6 Å². The van der Waals surface area contributed by atoms with Crippen molar-refractivity contribution in [3.05, 3.63) is 34.7 Å². The van der Waals surface area contributed by atoms with Crippen LogP contribution >= 0.6 is 0 Å². The molecular formula is C18H28N4O. The molecule has 126 valence electrons. The van der Waals surface area contributed by atoms with Gasteiger partial charge in [0, 0.05) is 36.8 Å². The van der Waals surface area contributed by atoms with Crippen LogP contribution in [0.4, 0.5) is 5.82 Å². The molecule has 2 heterocycles. The lowest BCUT2D eigenvalue weighted by molar-refractivity contribution is 0.298. The first-order chi connectivity index (χ1) is 11.2. The van der Waals surface area contributed by atoms with Crippen molar-refractivity contribution in [1.82, 2.24) is 14.5 Å². The smallest absolute Gasteiger partial charge is 0.251 e. The fourth-order valence-electron chi connectivity index (χ4n) is 2.83. The summed E-state index contributed by atoms with van der Waals surface area (Å²) in [6, 6.07) is 5.42. The molecule has 0 atom stereocenters. The average Bonchev–Trinajstić information content (AvgIpc) is 2.58. The van der Waals surface area contributed by atoms with Crippen LogP contribution in [0.2, 0.25) is 0 Å². The first kappa shape index (κ1) is 17.5. The van der Waals surface area contributed by atoms with Gasteiger partial charge in [-0.15, -0.1) is 0 Å². The molecule has 0 unspecified atom stereocenters. The normalized spacial score (nSPS) is 11.3. The van der Waals surface area contributed by atoms with E-state index in [4.69, 9.17) is 0 Å². The number of anilines is 1. The van der Waals surface area contributed by atoms with Crippen LogP contribution in [0, 0.1) is 0 Å². The minimum absolute atomic E-state index is 0.0383. The molecule has 0 saturated heterocycles. The van der Waals surface area contributed by atoms with Crippen molar-refractivity contribution in [2.24, 2.45) is 0 Å². The van der Waals surface area contributed by atoms with Gasteiger partial charge in [-0.05, 0) is 45.5 Å². The fraction of sp³-hybridized carbons (Fsp3) is 0.556. The van der Waals surface area contributed by atoms with Crippen LogP contribution in [0.3, 0.4) is 0 Å². The van der Waals surface area contributed by atoms with Gasteiger partial charge in [0.15, 0.2) is 0 Å². The summed E-state index contributed by atoms with van der Waals surface area (Å²) in [5, 5.41) is 4.37. The number of nitrogens with one attached hydrogen (secondary N) is 1. The average molecular weight is 316 g/mol. The molecule has 0 amide bonds. The molecule has 0 aliphatic rings. The second-order valence-electron chi connectivity index (χ2n) is 5.70. The Balaban J connectivity index is 1.95. The van der Waals surface area contributed by atoms with E-state index in [0.29, 0.717) is 6.54 Å². The summed E-state index contributed by atoms with van der Waals surface area (Å²) in [4.78, 5) is 18.8. The van der Waals surface area contributed by atoms with Crippen molar-refractivity contribution >= 4 is 16.7 Å². The third-order valence-electron chi connectivity index (χ3n) is 4.29. The standard InChI is InChI=1S/C18H28N4O/c1-4-21(5-2)12-8-7-11-19-17-13-16-15(14-20-17)9-10-18(23)22(16)6-3/h9-10,13-14H,4-8,11-12H2,1-3H3,(H,19,20). The molecule has 0 fully saturated rings. The Bertz CT molecular complexity index is 676. The number of pyridine rings is 2. The van der Waals surface area contributed by atoms with E-state index in [1.54, 1.807) is 10.6 Å². The number of aromatic nitrogens is 2. The van der Waals surface area contributed by atoms with Crippen LogP contribution in [-0.4, -0.2) is 40.6 Å². The van der Waals surface area contributed by atoms with Crippen molar-refractivity contribution in [2.45, 2.75) is 40.2 Å². The summed E-state index contributed by atoms with van der Waals surface area (Å²) in [6.45, 7) is 11.3. The summed E-state index contributed by atoms with van der Waals surface area (Å²) in [7, 11) is 0. The molecule has 0 spiro atoms. The van der Waals surface area contributed by atoms with Gasteiger partial charge in [-0.2, -0.15) is 0 Å². The van der Waals surface area contributed by atoms with E-state index in [0.717, 1.165) is 49.3 Å². The number of unbranched alkanes of at least 4 members (excludes halogenated alkanes) is 1. The highest BCUT2D eigenvalue weighted by Gasteiger charge is 2.04. The van der Waals surface area contributed by atoms with Crippen LogP contribution in [0.5, 0.6) is 0 Å². The van der Waals surface area contributed by atoms with Gasteiger partial charge >= 0.3 is 0 Å². The van der Waals surface area contributed by atoms with Gasteiger partial charge in [-0.25, -0.2) is 4.98 Å². The van der Waals surface area contributed by atoms with Crippen LogP contribution in [0.25, 0.3) is 10.9 Å². The maximum atomic E-state index is 11.9. The van der Waals surface area contributed by atoms with E-state index in [1.807, 2.05) is 25.3 Å². The Morgan fingerprint density at radius 3 is 2.65 bits per heavy atom. The first-order valence-corrected chi connectivity index (χ1v) is 8.65. The molecule has 0 saturated carbocycles. The second kappa shape index (κ2) is 8.67. The predicted octanol–water partition coefficient (Wildman–Crippen LogP) is 2.95. The van der Waals surface area contributed by atoms with Crippen LogP contribution in [0.15, 0.2) is 29.2 Å². The Kier molecular flexibility index (Phi) is 6.59. The molecule has 5 nitrogen and oxygen atoms in total. The zero-order chi connectivity index (χ0) is 16.7. The fourth-order valence-corrected chi connectivity index (χ4v) is 2.83. The number of nitrogens with zero attached hydrogens (tertiary/aromatic N) is 3. The Morgan fingerprint density at radius 2 is 1.96 bits per heavy atom. The SMILES string of the molecule is CCN(CC)CCCCNc1cc2c(ccc(=O)n2CC)cn1. The molecule has 23 heavy (non-hydrogen) atoms. The monoisotopic (exact) mass is 316 g/mol. The molecule has 0 bridgehead atoms. The van der Waals surface area contributed by atoms with E-state index in [9.17, 15) is 4.79 Å².